The number of sulfonamides is 1. The lowest BCUT2D eigenvalue weighted by atomic mass is 10.1. The molecule has 0 aliphatic carbocycles. The Bertz CT molecular complexity index is 740. The van der Waals surface area contributed by atoms with Gasteiger partial charge in [0.15, 0.2) is 0 Å². The highest BCUT2D eigenvalue weighted by Gasteiger charge is 2.18. The standard InChI is InChI=1S/C16H20N2O2S/c1-3-14-6-4-5-7-15(14)18-21(19,20)16-9-8-13(11-17)10-12(16)2/h4-10,18H,3,11,17H2,1-2H3. The molecule has 0 fully saturated rings. The van der Waals surface area contributed by atoms with Crippen molar-refractivity contribution in [3.63, 3.8) is 0 Å². The minimum atomic E-state index is -3.59. The molecule has 0 saturated carbocycles. The molecule has 0 heterocycles. The first-order valence-electron chi connectivity index (χ1n) is 6.88. The summed E-state index contributed by atoms with van der Waals surface area (Å²) in [7, 11) is -3.59. The Morgan fingerprint density at radius 3 is 2.48 bits per heavy atom. The zero-order chi connectivity index (χ0) is 15.5. The van der Waals surface area contributed by atoms with Gasteiger partial charge in [-0.15, -0.1) is 0 Å². The van der Waals surface area contributed by atoms with Gasteiger partial charge in [0.25, 0.3) is 10.0 Å². The number of nitrogens with two attached hydrogens (primary N) is 1. The molecular weight excluding hydrogens is 284 g/mol. The summed E-state index contributed by atoms with van der Waals surface area (Å²) in [6.45, 7) is 4.17. The molecule has 5 heteroatoms. The van der Waals surface area contributed by atoms with E-state index < -0.39 is 10.0 Å². The molecule has 0 saturated heterocycles. The van der Waals surface area contributed by atoms with Gasteiger partial charge in [-0.1, -0.05) is 37.3 Å². The third-order valence-electron chi connectivity index (χ3n) is 3.41. The van der Waals surface area contributed by atoms with Crippen molar-refractivity contribution in [2.75, 3.05) is 4.72 Å². The van der Waals surface area contributed by atoms with Crippen molar-refractivity contribution < 1.29 is 8.42 Å². The van der Waals surface area contributed by atoms with Gasteiger partial charge in [-0.25, -0.2) is 8.42 Å². The van der Waals surface area contributed by atoms with E-state index >= 15 is 0 Å². The average Bonchev–Trinajstić information content (AvgIpc) is 2.47. The van der Waals surface area contributed by atoms with Crippen LogP contribution < -0.4 is 10.5 Å². The van der Waals surface area contributed by atoms with Gasteiger partial charge < -0.3 is 5.73 Å². The monoisotopic (exact) mass is 304 g/mol. The first-order valence-corrected chi connectivity index (χ1v) is 8.36. The van der Waals surface area contributed by atoms with Gasteiger partial charge in [0, 0.05) is 6.54 Å². The molecule has 0 unspecified atom stereocenters. The number of aryl methyl sites for hydroxylation is 2. The molecule has 0 bridgehead atoms. The molecule has 0 aliphatic heterocycles. The smallest absolute Gasteiger partial charge is 0.262 e. The molecule has 0 aromatic heterocycles. The van der Waals surface area contributed by atoms with E-state index in [1.54, 1.807) is 31.2 Å². The lowest BCUT2D eigenvalue weighted by molar-refractivity contribution is 0.600. The van der Waals surface area contributed by atoms with Crippen LogP contribution in [0.4, 0.5) is 5.69 Å². The highest BCUT2D eigenvalue weighted by Crippen LogP contribution is 2.23. The van der Waals surface area contributed by atoms with E-state index in [-0.39, 0.29) is 4.90 Å². The van der Waals surface area contributed by atoms with Crippen LogP contribution in [0.1, 0.15) is 23.6 Å². The largest absolute Gasteiger partial charge is 0.326 e. The van der Waals surface area contributed by atoms with Crippen molar-refractivity contribution in [2.45, 2.75) is 31.7 Å². The second-order valence-corrected chi connectivity index (χ2v) is 6.57. The molecular formula is C16H20N2O2S. The van der Waals surface area contributed by atoms with Gasteiger partial charge in [-0.3, -0.25) is 4.72 Å². The van der Waals surface area contributed by atoms with Gasteiger partial charge >= 0.3 is 0 Å². The summed E-state index contributed by atoms with van der Waals surface area (Å²) in [4.78, 5) is 0.283. The third-order valence-corrected chi connectivity index (χ3v) is 4.93. The van der Waals surface area contributed by atoms with Gasteiger partial charge in [-0.2, -0.15) is 0 Å². The highest BCUT2D eigenvalue weighted by atomic mass is 32.2. The molecule has 112 valence electrons. The molecule has 0 aliphatic rings. The highest BCUT2D eigenvalue weighted by molar-refractivity contribution is 7.92. The Morgan fingerprint density at radius 1 is 1.14 bits per heavy atom. The first kappa shape index (κ1) is 15.5. The summed E-state index contributed by atoms with van der Waals surface area (Å²) in [5.74, 6) is 0. The molecule has 0 atom stereocenters. The lowest BCUT2D eigenvalue weighted by Crippen LogP contribution is -2.15. The zero-order valence-electron chi connectivity index (χ0n) is 12.3. The van der Waals surface area contributed by atoms with Crippen LogP contribution in [0.15, 0.2) is 47.4 Å². The van der Waals surface area contributed by atoms with E-state index in [0.29, 0.717) is 17.8 Å². The molecule has 21 heavy (non-hydrogen) atoms. The normalized spacial score (nSPS) is 11.4. The summed E-state index contributed by atoms with van der Waals surface area (Å²) >= 11 is 0. The van der Waals surface area contributed by atoms with Crippen LogP contribution in [0.3, 0.4) is 0 Å². The maximum Gasteiger partial charge on any atom is 0.262 e. The minimum Gasteiger partial charge on any atom is -0.326 e. The number of benzene rings is 2. The number of para-hydroxylation sites is 1. The molecule has 2 rings (SSSR count). The Morgan fingerprint density at radius 2 is 1.86 bits per heavy atom. The fraction of sp³-hybridized carbons (Fsp3) is 0.250. The van der Waals surface area contributed by atoms with Crippen LogP contribution in [-0.4, -0.2) is 8.42 Å². The van der Waals surface area contributed by atoms with Crippen molar-refractivity contribution in [1.29, 1.82) is 0 Å². The maximum atomic E-state index is 12.5. The fourth-order valence-electron chi connectivity index (χ4n) is 2.27. The van der Waals surface area contributed by atoms with Crippen LogP contribution in [0.2, 0.25) is 0 Å². The van der Waals surface area contributed by atoms with Crippen molar-refractivity contribution in [2.24, 2.45) is 5.73 Å². The summed E-state index contributed by atoms with van der Waals surface area (Å²) < 4.78 is 27.8. The van der Waals surface area contributed by atoms with Crippen LogP contribution in [0.5, 0.6) is 0 Å². The van der Waals surface area contributed by atoms with Gasteiger partial charge in [0.05, 0.1) is 10.6 Å². The van der Waals surface area contributed by atoms with Crippen molar-refractivity contribution in [3.05, 3.63) is 59.2 Å². The fourth-order valence-corrected chi connectivity index (χ4v) is 3.60. The van der Waals surface area contributed by atoms with Crippen molar-refractivity contribution >= 4 is 15.7 Å². The van der Waals surface area contributed by atoms with Gasteiger partial charge in [-0.05, 0) is 42.2 Å². The van der Waals surface area contributed by atoms with Gasteiger partial charge in [0.1, 0.15) is 0 Å². The molecule has 0 radical (unpaired) electrons. The van der Waals surface area contributed by atoms with E-state index in [1.807, 2.05) is 25.1 Å². The predicted molar refractivity (Wildman–Crippen MR) is 85.7 cm³/mol. The average molecular weight is 304 g/mol. The third kappa shape index (κ3) is 3.43. The Labute approximate surface area is 126 Å². The number of nitrogens with one attached hydrogen (secondary N) is 1. The van der Waals surface area contributed by atoms with E-state index in [9.17, 15) is 8.42 Å². The van der Waals surface area contributed by atoms with Gasteiger partial charge in [0.2, 0.25) is 0 Å². The molecule has 0 amide bonds. The molecule has 2 aromatic rings. The molecule has 0 spiro atoms. The second kappa shape index (κ2) is 6.28. The lowest BCUT2D eigenvalue weighted by Gasteiger charge is -2.13. The number of hydrogen-bond acceptors (Lipinski definition) is 3. The summed E-state index contributed by atoms with van der Waals surface area (Å²) in [5, 5.41) is 0. The van der Waals surface area contributed by atoms with E-state index in [0.717, 1.165) is 17.5 Å². The second-order valence-electron chi connectivity index (χ2n) is 4.92. The Hall–Kier alpha value is -1.85. The Kier molecular flexibility index (Phi) is 4.65. The van der Waals surface area contributed by atoms with E-state index in [1.165, 1.54) is 0 Å². The van der Waals surface area contributed by atoms with Crippen LogP contribution in [0, 0.1) is 6.92 Å². The molecule has 4 nitrogen and oxygen atoms in total. The topological polar surface area (TPSA) is 72.2 Å². The minimum absolute atomic E-state index is 0.283. The van der Waals surface area contributed by atoms with E-state index in [4.69, 9.17) is 5.73 Å². The number of anilines is 1. The van der Waals surface area contributed by atoms with E-state index in [2.05, 4.69) is 4.72 Å². The van der Waals surface area contributed by atoms with Crippen molar-refractivity contribution in [1.82, 2.24) is 0 Å². The summed E-state index contributed by atoms with van der Waals surface area (Å²) in [5.41, 5.74) is 8.78. The maximum absolute atomic E-state index is 12.5. The summed E-state index contributed by atoms with van der Waals surface area (Å²) in [6.07, 6.45) is 0.768. The molecule has 2 aromatic carbocycles. The molecule has 3 N–H and O–H groups in total. The first-order chi connectivity index (χ1) is 9.97. The van der Waals surface area contributed by atoms with Crippen molar-refractivity contribution in [3.8, 4) is 0 Å². The van der Waals surface area contributed by atoms with Crippen LogP contribution in [-0.2, 0) is 23.0 Å². The zero-order valence-corrected chi connectivity index (χ0v) is 13.1. The number of rotatable bonds is 5. The SMILES string of the molecule is CCc1ccccc1NS(=O)(=O)c1ccc(CN)cc1C. The van der Waals surface area contributed by atoms with Crippen LogP contribution >= 0.6 is 0 Å². The Balaban J connectivity index is 2.39. The summed E-state index contributed by atoms with van der Waals surface area (Å²) in [6, 6.07) is 12.6. The van der Waals surface area contributed by atoms with Crippen LogP contribution in [0.25, 0.3) is 0 Å². The number of hydrogen-bond donors (Lipinski definition) is 2. The predicted octanol–water partition coefficient (Wildman–Crippen LogP) is 2.82. The quantitative estimate of drug-likeness (QED) is 0.892.